The monoisotopic (exact) mass is 468 g/mol. The number of aromatic nitrogens is 6. The van der Waals surface area contributed by atoms with Gasteiger partial charge in [0.15, 0.2) is 17.4 Å². The number of aromatic amines is 1. The SMILES string of the molecule is CC(=O)NC[C@H]1[C@@H](O)[C@H](n2cnc3c(=O)[nH]c(N)nc32)O[C@@H]1COP(=O)(O)n1ccnc1. The summed E-state index contributed by atoms with van der Waals surface area (Å²) in [6, 6.07) is 0. The Morgan fingerprint density at radius 1 is 1.47 bits per heavy atom. The smallest absolute Gasteiger partial charge is 0.388 e. The minimum Gasteiger partial charge on any atom is -0.388 e. The number of carbonyl (C=O) groups is 1. The van der Waals surface area contributed by atoms with Gasteiger partial charge in [-0.05, 0) is 0 Å². The van der Waals surface area contributed by atoms with Crippen molar-refractivity contribution in [3.05, 3.63) is 35.4 Å². The molecule has 16 heteroatoms. The van der Waals surface area contributed by atoms with Crippen LogP contribution in [0, 0.1) is 5.92 Å². The maximum Gasteiger partial charge on any atom is 0.437 e. The van der Waals surface area contributed by atoms with Crippen LogP contribution in [0.25, 0.3) is 11.2 Å². The van der Waals surface area contributed by atoms with E-state index in [1.54, 1.807) is 0 Å². The van der Waals surface area contributed by atoms with Crippen LogP contribution in [-0.2, 0) is 18.6 Å². The van der Waals surface area contributed by atoms with E-state index in [0.717, 1.165) is 10.7 Å². The van der Waals surface area contributed by atoms with Crippen molar-refractivity contribution in [3.63, 3.8) is 0 Å². The number of nitrogens with one attached hydrogen (secondary N) is 2. The van der Waals surface area contributed by atoms with Gasteiger partial charge >= 0.3 is 7.75 Å². The summed E-state index contributed by atoms with van der Waals surface area (Å²) in [7, 11) is -4.25. The Bertz CT molecular complexity index is 1220. The molecule has 0 saturated carbocycles. The summed E-state index contributed by atoms with van der Waals surface area (Å²) in [5.74, 6) is -1.20. The van der Waals surface area contributed by atoms with Crippen molar-refractivity contribution in [1.29, 1.82) is 0 Å². The van der Waals surface area contributed by atoms with Gasteiger partial charge in [-0.15, -0.1) is 0 Å². The lowest BCUT2D eigenvalue weighted by Crippen LogP contribution is -2.38. The third-order valence-corrected chi connectivity index (χ3v) is 6.33. The number of nitrogens with zero attached hydrogens (tertiary/aromatic N) is 5. The third kappa shape index (κ3) is 4.16. The van der Waals surface area contributed by atoms with Gasteiger partial charge in [0.1, 0.15) is 12.4 Å². The van der Waals surface area contributed by atoms with Crippen LogP contribution in [-0.4, -0.2) is 70.1 Å². The zero-order valence-corrected chi connectivity index (χ0v) is 17.6. The van der Waals surface area contributed by atoms with Crippen LogP contribution in [0.1, 0.15) is 13.2 Å². The van der Waals surface area contributed by atoms with Crippen LogP contribution in [0.2, 0.25) is 0 Å². The van der Waals surface area contributed by atoms with Crippen molar-refractivity contribution >= 4 is 30.8 Å². The van der Waals surface area contributed by atoms with E-state index in [2.05, 4.69) is 25.3 Å². The molecule has 15 nitrogen and oxygen atoms in total. The number of fused-ring (bicyclic) bond motifs is 1. The van der Waals surface area contributed by atoms with Gasteiger partial charge in [-0.2, -0.15) is 4.98 Å². The Morgan fingerprint density at radius 3 is 2.94 bits per heavy atom. The summed E-state index contributed by atoms with van der Waals surface area (Å²) < 4.78 is 25.8. The molecule has 5 atom stereocenters. The van der Waals surface area contributed by atoms with Crippen molar-refractivity contribution < 1.29 is 28.6 Å². The Hall–Kier alpha value is -3.10. The van der Waals surface area contributed by atoms with Gasteiger partial charge < -0.3 is 25.8 Å². The summed E-state index contributed by atoms with van der Waals surface area (Å²) >= 11 is 0. The topological polar surface area (TPSA) is 212 Å². The molecule has 0 aromatic carbocycles. The largest absolute Gasteiger partial charge is 0.437 e. The number of imidazole rings is 2. The Labute approximate surface area is 179 Å². The quantitative estimate of drug-likeness (QED) is 0.254. The molecule has 4 heterocycles. The first kappa shape index (κ1) is 22.1. The molecule has 1 aliphatic heterocycles. The molecule has 3 aromatic heterocycles. The zero-order chi connectivity index (χ0) is 23.0. The highest BCUT2D eigenvalue weighted by Gasteiger charge is 2.46. The lowest BCUT2D eigenvalue weighted by atomic mass is 9.98. The third-order valence-electron chi connectivity index (χ3n) is 5.02. The molecular weight excluding hydrogens is 447 g/mol. The van der Waals surface area contributed by atoms with E-state index in [1.807, 2.05) is 0 Å². The Morgan fingerprint density at radius 2 is 2.25 bits per heavy atom. The van der Waals surface area contributed by atoms with Crippen molar-refractivity contribution in [1.82, 2.24) is 34.2 Å². The molecule has 32 heavy (non-hydrogen) atoms. The van der Waals surface area contributed by atoms with Gasteiger partial charge in [-0.3, -0.25) is 23.7 Å². The summed E-state index contributed by atoms with van der Waals surface area (Å²) in [6.45, 7) is 0.936. The standard InChI is InChI=1S/C16H21N8O7P/c1-8(25)19-4-9-10(5-30-32(28,29)23-3-2-18-6-23)31-15(12(9)26)24-7-20-11-13(24)21-16(17)22-14(11)27/h2-3,6-7,9-10,12,15,26H,4-5H2,1H3,(H,19,25)(H,28,29)(H3,17,21,22,27)/t9-,10-,12-,15-/m1/s1. The molecule has 1 amide bonds. The number of ether oxygens (including phenoxy) is 1. The van der Waals surface area contributed by atoms with E-state index < -0.39 is 37.7 Å². The van der Waals surface area contributed by atoms with Crippen molar-refractivity contribution in [2.24, 2.45) is 5.92 Å². The predicted molar refractivity (Wildman–Crippen MR) is 108 cm³/mol. The Kier molecular flexibility index (Phi) is 5.83. The second-order valence-corrected chi connectivity index (χ2v) is 8.86. The second kappa shape index (κ2) is 8.44. The average Bonchev–Trinajstić information content (AvgIpc) is 3.44. The molecule has 1 unspecified atom stereocenters. The number of amides is 1. The molecule has 3 aromatic rings. The minimum atomic E-state index is -4.25. The van der Waals surface area contributed by atoms with Crippen LogP contribution < -0.4 is 16.6 Å². The van der Waals surface area contributed by atoms with E-state index in [1.165, 1.54) is 30.2 Å². The number of rotatable bonds is 7. The number of H-pyrrole nitrogens is 1. The van der Waals surface area contributed by atoms with Crippen LogP contribution in [0.3, 0.4) is 0 Å². The van der Waals surface area contributed by atoms with E-state index in [0.29, 0.717) is 0 Å². The summed E-state index contributed by atoms with van der Waals surface area (Å²) in [5, 5.41) is 13.5. The highest BCUT2D eigenvalue weighted by Crippen LogP contribution is 2.45. The molecule has 0 aliphatic carbocycles. The van der Waals surface area contributed by atoms with Crippen LogP contribution >= 0.6 is 7.75 Å². The van der Waals surface area contributed by atoms with Gasteiger partial charge in [0.25, 0.3) is 5.56 Å². The van der Waals surface area contributed by atoms with E-state index in [9.17, 15) is 24.2 Å². The highest BCUT2D eigenvalue weighted by molar-refractivity contribution is 7.51. The molecule has 0 bridgehead atoms. The summed E-state index contributed by atoms with van der Waals surface area (Å²) in [4.78, 5) is 47.7. The van der Waals surface area contributed by atoms with Crippen LogP contribution in [0.4, 0.5) is 5.95 Å². The number of anilines is 1. The molecule has 1 aliphatic rings. The minimum absolute atomic E-state index is 0.00458. The normalized spacial score (nSPS) is 25.1. The maximum absolute atomic E-state index is 12.4. The molecule has 6 N–H and O–H groups in total. The number of nitrogens with two attached hydrogens (primary N) is 1. The van der Waals surface area contributed by atoms with Crippen molar-refractivity contribution in [3.8, 4) is 0 Å². The second-order valence-electron chi connectivity index (χ2n) is 7.16. The molecule has 1 fully saturated rings. The number of hydrogen-bond donors (Lipinski definition) is 5. The molecule has 0 spiro atoms. The molecule has 4 rings (SSSR count). The van der Waals surface area contributed by atoms with Gasteiger partial charge in [0, 0.05) is 31.8 Å². The fraction of sp³-hybridized carbons (Fsp3) is 0.438. The van der Waals surface area contributed by atoms with E-state index in [-0.39, 0.29) is 36.2 Å². The zero-order valence-electron chi connectivity index (χ0n) is 16.7. The van der Waals surface area contributed by atoms with Gasteiger partial charge in [0.2, 0.25) is 11.9 Å². The van der Waals surface area contributed by atoms with Crippen molar-refractivity contribution in [2.45, 2.75) is 25.4 Å². The molecule has 1 saturated heterocycles. The first-order chi connectivity index (χ1) is 15.2. The van der Waals surface area contributed by atoms with E-state index >= 15 is 0 Å². The van der Waals surface area contributed by atoms with Gasteiger partial charge in [0.05, 0.1) is 19.0 Å². The number of nitrogen functional groups attached to an aromatic ring is 1. The fourth-order valence-corrected chi connectivity index (χ4v) is 4.36. The first-order valence-electron chi connectivity index (χ1n) is 9.44. The molecule has 172 valence electrons. The first-order valence-corrected chi connectivity index (χ1v) is 11.0. The number of aliphatic hydroxyl groups excluding tert-OH is 1. The fourth-order valence-electron chi connectivity index (χ4n) is 3.47. The van der Waals surface area contributed by atoms with Crippen LogP contribution in [0.15, 0.2) is 29.8 Å². The highest BCUT2D eigenvalue weighted by atomic mass is 31.2. The van der Waals surface area contributed by atoms with Gasteiger partial charge in [-0.1, -0.05) is 0 Å². The number of aliphatic hydroxyl groups is 1. The molecular formula is C16H21N8O7P. The van der Waals surface area contributed by atoms with Gasteiger partial charge in [-0.25, -0.2) is 18.9 Å². The molecule has 0 radical (unpaired) electrons. The number of hydrogen-bond acceptors (Lipinski definition) is 10. The maximum atomic E-state index is 12.4. The summed E-state index contributed by atoms with van der Waals surface area (Å²) in [6.07, 6.45) is 1.81. The van der Waals surface area contributed by atoms with E-state index in [4.69, 9.17) is 15.0 Å². The summed E-state index contributed by atoms with van der Waals surface area (Å²) in [5.41, 5.74) is 5.14. The Balaban J connectivity index is 1.61. The lowest BCUT2D eigenvalue weighted by molar-refractivity contribution is -0.119. The predicted octanol–water partition coefficient (Wildman–Crippen LogP) is -1.43. The number of carbonyl (C=O) groups excluding carboxylic acids is 1. The average molecular weight is 468 g/mol. The lowest BCUT2D eigenvalue weighted by Gasteiger charge is -2.21. The van der Waals surface area contributed by atoms with Crippen LogP contribution in [0.5, 0.6) is 0 Å². The van der Waals surface area contributed by atoms with Crippen molar-refractivity contribution in [2.75, 3.05) is 18.9 Å².